The number of fused-ring (bicyclic) bond motifs is 2. The molecule has 5 rings (SSSR count). The maximum Gasteiger partial charge on any atom is 0.296 e. The first-order valence-corrected chi connectivity index (χ1v) is 17.5. The highest BCUT2D eigenvalue weighted by molar-refractivity contribution is 7.86. The van der Waals surface area contributed by atoms with E-state index in [1.807, 2.05) is 0 Å². The Hall–Kier alpha value is -5.09. The van der Waals surface area contributed by atoms with Crippen molar-refractivity contribution in [1.29, 1.82) is 0 Å². The van der Waals surface area contributed by atoms with Crippen molar-refractivity contribution in [3.63, 3.8) is 0 Å². The highest BCUT2D eigenvalue weighted by Gasteiger charge is 2.25. The van der Waals surface area contributed by atoms with Gasteiger partial charge in [-0.25, -0.2) is 0 Å². The molecule has 1 amide bonds. The van der Waals surface area contributed by atoms with Gasteiger partial charge in [0, 0.05) is 21.7 Å². The van der Waals surface area contributed by atoms with E-state index in [1.165, 1.54) is 36.4 Å². The second kappa shape index (κ2) is 12.2. The molecule has 0 spiro atoms. The van der Waals surface area contributed by atoms with Crippen molar-refractivity contribution in [2.24, 2.45) is 26.2 Å². The molecule has 0 fully saturated rings. The third-order valence-electron chi connectivity index (χ3n) is 6.73. The van der Waals surface area contributed by atoms with Crippen LogP contribution in [0.1, 0.15) is 10.4 Å². The molecule has 5 aromatic rings. The van der Waals surface area contributed by atoms with E-state index in [0.29, 0.717) is 0 Å². The van der Waals surface area contributed by atoms with E-state index in [9.17, 15) is 48.8 Å². The number of rotatable bonds is 8. The van der Waals surface area contributed by atoms with Crippen LogP contribution in [0.3, 0.4) is 0 Å². The zero-order valence-electron chi connectivity index (χ0n) is 23.5. The molecule has 0 unspecified atom stereocenters. The number of carbonyl (C=O) groups excluding carboxylic acids is 1. The number of phenols is 1. The Labute approximate surface area is 275 Å². The van der Waals surface area contributed by atoms with Crippen molar-refractivity contribution in [2.75, 3.05) is 5.73 Å². The van der Waals surface area contributed by atoms with E-state index in [4.69, 9.17) is 23.1 Å². The van der Waals surface area contributed by atoms with Gasteiger partial charge in [-0.15, -0.1) is 20.5 Å². The third kappa shape index (κ3) is 6.80. The summed E-state index contributed by atoms with van der Waals surface area (Å²) in [7, 11) is -14.8. The summed E-state index contributed by atoms with van der Waals surface area (Å²) in [6.45, 7) is 0. The Balaban J connectivity index is 1.71. The van der Waals surface area contributed by atoms with Gasteiger partial charge in [-0.1, -0.05) is 17.7 Å². The maximum atomic E-state index is 12.3. The zero-order valence-corrected chi connectivity index (χ0v) is 26.7. The number of halogens is 1. The SMILES string of the molecule is NC(=O)c1ccc(Cl)c(N=Nc2ccc(N=Nc3c(S(=O)(=O)O)cc4cc(S(=O)(=O)O)c(N)cc4c3O)c3cc(S(=O)(=O)O)ccc23)c1. The number of carbonyl (C=O) groups is 1. The van der Waals surface area contributed by atoms with Crippen LogP contribution in [-0.2, 0) is 30.4 Å². The van der Waals surface area contributed by atoms with Gasteiger partial charge >= 0.3 is 0 Å². The van der Waals surface area contributed by atoms with Gasteiger partial charge in [0.2, 0.25) is 5.91 Å². The molecule has 0 radical (unpaired) electrons. The molecule has 17 nitrogen and oxygen atoms in total. The van der Waals surface area contributed by atoms with Crippen LogP contribution >= 0.6 is 11.6 Å². The summed E-state index contributed by atoms with van der Waals surface area (Å²) in [6, 6.07) is 12.4. The molecule has 5 aromatic carbocycles. The molecular weight excluding hydrogens is 716 g/mol. The van der Waals surface area contributed by atoms with Crippen LogP contribution in [0.2, 0.25) is 5.02 Å². The average molecular weight is 735 g/mol. The largest absolute Gasteiger partial charge is 0.505 e. The second-order valence-corrected chi connectivity index (χ2v) is 14.5. The molecule has 21 heteroatoms. The van der Waals surface area contributed by atoms with Crippen molar-refractivity contribution in [1.82, 2.24) is 0 Å². The fraction of sp³-hybridized carbons (Fsp3) is 0. The van der Waals surface area contributed by atoms with E-state index in [2.05, 4.69) is 20.5 Å². The first-order chi connectivity index (χ1) is 22.3. The molecule has 8 N–H and O–H groups in total. The van der Waals surface area contributed by atoms with Gasteiger partial charge in [0.05, 0.1) is 27.0 Å². The molecule has 0 heterocycles. The molecule has 248 valence electrons. The van der Waals surface area contributed by atoms with Crippen molar-refractivity contribution in [2.45, 2.75) is 14.7 Å². The minimum absolute atomic E-state index is 0.0296. The average Bonchev–Trinajstić information content (AvgIpc) is 2.98. The van der Waals surface area contributed by atoms with Gasteiger partial charge < -0.3 is 16.6 Å². The molecule has 0 bridgehead atoms. The van der Waals surface area contributed by atoms with Gasteiger partial charge in [0.1, 0.15) is 21.2 Å². The number of azo groups is 2. The van der Waals surface area contributed by atoms with E-state index in [-0.39, 0.29) is 49.2 Å². The summed E-state index contributed by atoms with van der Waals surface area (Å²) in [5.74, 6) is -1.66. The zero-order chi connectivity index (χ0) is 35.3. The number of hydrogen-bond acceptors (Lipinski definition) is 13. The van der Waals surface area contributed by atoms with Gasteiger partial charge in [0.25, 0.3) is 30.4 Å². The van der Waals surface area contributed by atoms with Crippen LogP contribution < -0.4 is 11.5 Å². The molecular formula is C27H19ClN6O11S3. The summed E-state index contributed by atoms with van der Waals surface area (Å²) in [4.78, 5) is 9.18. The van der Waals surface area contributed by atoms with Gasteiger partial charge in [-0.3, -0.25) is 18.5 Å². The lowest BCUT2D eigenvalue weighted by Gasteiger charge is -2.11. The van der Waals surface area contributed by atoms with E-state index in [1.54, 1.807) is 0 Å². The Kier molecular flexibility index (Phi) is 8.69. The summed E-state index contributed by atoms with van der Waals surface area (Å²) >= 11 is 6.16. The second-order valence-electron chi connectivity index (χ2n) is 9.85. The van der Waals surface area contributed by atoms with Crippen LogP contribution in [0, 0.1) is 0 Å². The molecule has 0 aliphatic carbocycles. The minimum Gasteiger partial charge on any atom is -0.505 e. The highest BCUT2D eigenvalue weighted by atomic mass is 35.5. The van der Waals surface area contributed by atoms with Crippen LogP contribution in [0.5, 0.6) is 5.75 Å². The van der Waals surface area contributed by atoms with Crippen LogP contribution in [0.4, 0.5) is 28.4 Å². The lowest BCUT2D eigenvalue weighted by atomic mass is 10.1. The molecule has 0 saturated carbocycles. The normalized spacial score (nSPS) is 12.8. The molecule has 0 saturated heterocycles. The number of benzene rings is 5. The third-order valence-corrected chi connectivity index (χ3v) is 9.68. The summed E-state index contributed by atoms with van der Waals surface area (Å²) in [5.41, 5.74) is 9.77. The molecule has 0 atom stereocenters. The number of primary amides is 1. The predicted molar refractivity (Wildman–Crippen MR) is 172 cm³/mol. The fourth-order valence-electron chi connectivity index (χ4n) is 4.49. The van der Waals surface area contributed by atoms with Crippen molar-refractivity contribution >= 4 is 97.8 Å². The number of anilines is 1. The number of nitrogens with zero attached hydrogens (tertiary/aromatic N) is 4. The Morgan fingerprint density at radius 1 is 0.646 bits per heavy atom. The predicted octanol–water partition coefficient (Wildman–Crippen LogP) is 5.60. The number of phenolic OH excluding ortho intramolecular Hbond substituents is 1. The van der Waals surface area contributed by atoms with E-state index < -0.39 is 68.1 Å². The number of hydrogen-bond donors (Lipinski definition) is 6. The van der Waals surface area contributed by atoms with Crippen molar-refractivity contribution in [3.05, 3.63) is 77.3 Å². The van der Waals surface area contributed by atoms with Gasteiger partial charge in [-0.2, -0.15) is 25.3 Å². The van der Waals surface area contributed by atoms with Crippen LogP contribution in [-0.4, -0.2) is 49.9 Å². The molecule has 48 heavy (non-hydrogen) atoms. The standard InChI is InChI=1S/C27H19ClN6O11S3/c28-18-4-1-12(27(30)36)7-22(18)33-31-20-5-6-21(17-10-14(46(37,38)39)2-3-15(17)20)32-34-25-24(48(43,44)45)9-13-8-23(47(40,41)42)19(29)11-16(13)26(25)35/h1-11,35H,29H2,(H2,30,36)(H,37,38,39)(H,40,41,42)(H,43,44,45). The Morgan fingerprint density at radius 2 is 1.23 bits per heavy atom. The van der Waals surface area contributed by atoms with Gasteiger partial charge in [0.15, 0.2) is 5.75 Å². The number of aromatic hydroxyl groups is 1. The fourth-order valence-corrected chi connectivity index (χ4v) is 6.44. The summed E-state index contributed by atoms with van der Waals surface area (Å²) in [5, 5.41) is 26.6. The monoisotopic (exact) mass is 734 g/mol. The van der Waals surface area contributed by atoms with E-state index >= 15 is 0 Å². The van der Waals surface area contributed by atoms with Crippen molar-refractivity contribution < 1.29 is 48.8 Å². The number of nitrogens with two attached hydrogens (primary N) is 2. The topological polar surface area (TPSA) is 302 Å². The first-order valence-electron chi connectivity index (χ1n) is 12.8. The minimum atomic E-state index is -5.17. The van der Waals surface area contributed by atoms with Crippen LogP contribution in [0.25, 0.3) is 21.5 Å². The number of amides is 1. The summed E-state index contributed by atoms with van der Waals surface area (Å²) in [6.07, 6.45) is 0. The molecule has 0 aliphatic rings. The Morgan fingerprint density at radius 3 is 1.83 bits per heavy atom. The van der Waals surface area contributed by atoms with Gasteiger partial charge in [-0.05, 0) is 66.0 Å². The lowest BCUT2D eigenvalue weighted by Crippen LogP contribution is -2.10. The van der Waals surface area contributed by atoms with E-state index in [0.717, 1.165) is 30.3 Å². The molecule has 0 aromatic heterocycles. The quantitative estimate of drug-likeness (QED) is 0.0644. The maximum absolute atomic E-state index is 12.3. The number of nitrogen functional groups attached to an aromatic ring is 1. The highest BCUT2D eigenvalue weighted by Crippen LogP contribution is 2.44. The van der Waals surface area contributed by atoms with Crippen molar-refractivity contribution in [3.8, 4) is 5.75 Å². The molecule has 0 aliphatic heterocycles. The smallest absolute Gasteiger partial charge is 0.296 e. The van der Waals surface area contributed by atoms with Crippen LogP contribution in [0.15, 0.2) is 102 Å². The summed E-state index contributed by atoms with van der Waals surface area (Å²) < 4.78 is 101. The lowest BCUT2D eigenvalue weighted by molar-refractivity contribution is 0.1000. The Bertz CT molecular complexity index is 2610. The first kappa shape index (κ1) is 34.3.